The Balaban J connectivity index is 0.000000483. The second-order valence-corrected chi connectivity index (χ2v) is 5.43. The van der Waals surface area contributed by atoms with Crippen LogP contribution in [0.1, 0.15) is 43.9 Å². The summed E-state index contributed by atoms with van der Waals surface area (Å²) in [6.07, 6.45) is 0. The van der Waals surface area contributed by atoms with Crippen molar-refractivity contribution < 1.29 is 36.9 Å². The van der Waals surface area contributed by atoms with E-state index in [-0.39, 0.29) is 41.3 Å². The molecule has 27 heavy (non-hydrogen) atoms. The SMILES string of the molecule is NCC(N)c1ccccc1C(=O)[O-].NCC(N)c1ccccc1C(=O)[O-].[Cu+2]. The molecule has 2 unspecified atom stereocenters. The van der Waals surface area contributed by atoms with Gasteiger partial charge in [0.2, 0.25) is 0 Å². The number of carbonyl (C=O) groups is 2. The van der Waals surface area contributed by atoms with Crippen LogP contribution in [0.4, 0.5) is 0 Å². The fourth-order valence-corrected chi connectivity index (χ4v) is 2.27. The molecular formula is C18H22CuN4O4. The van der Waals surface area contributed by atoms with Gasteiger partial charge in [-0.3, -0.25) is 0 Å². The molecule has 0 aliphatic rings. The molecule has 2 atom stereocenters. The van der Waals surface area contributed by atoms with Gasteiger partial charge in [0.25, 0.3) is 0 Å². The van der Waals surface area contributed by atoms with Gasteiger partial charge in [-0.1, -0.05) is 48.5 Å². The van der Waals surface area contributed by atoms with Crippen LogP contribution in [0.15, 0.2) is 48.5 Å². The first-order valence-electron chi connectivity index (χ1n) is 7.85. The first kappa shape index (κ1) is 24.7. The van der Waals surface area contributed by atoms with Gasteiger partial charge in [-0.05, 0) is 11.1 Å². The first-order chi connectivity index (χ1) is 12.3. The Labute approximate surface area is 168 Å². The van der Waals surface area contributed by atoms with Gasteiger partial charge in [-0.25, -0.2) is 0 Å². The van der Waals surface area contributed by atoms with Gasteiger partial charge in [-0.15, -0.1) is 0 Å². The van der Waals surface area contributed by atoms with E-state index < -0.39 is 24.0 Å². The van der Waals surface area contributed by atoms with Crippen molar-refractivity contribution in [3.63, 3.8) is 0 Å². The molecular weight excluding hydrogens is 400 g/mol. The minimum Gasteiger partial charge on any atom is -0.545 e. The van der Waals surface area contributed by atoms with Crippen molar-refractivity contribution >= 4 is 11.9 Å². The van der Waals surface area contributed by atoms with E-state index in [9.17, 15) is 19.8 Å². The fourth-order valence-electron chi connectivity index (χ4n) is 2.27. The molecule has 0 heterocycles. The first-order valence-corrected chi connectivity index (χ1v) is 7.85. The molecule has 0 saturated heterocycles. The molecule has 8 N–H and O–H groups in total. The summed E-state index contributed by atoms with van der Waals surface area (Å²) in [4.78, 5) is 21.3. The molecule has 149 valence electrons. The number of carbonyl (C=O) groups excluding carboxylic acids is 2. The number of aromatic carboxylic acids is 2. The quantitative estimate of drug-likeness (QED) is 0.386. The van der Waals surface area contributed by atoms with Crippen LogP contribution in [-0.4, -0.2) is 25.0 Å². The third kappa shape index (κ3) is 7.10. The van der Waals surface area contributed by atoms with Gasteiger partial charge in [-0.2, -0.15) is 0 Å². The molecule has 0 aliphatic carbocycles. The molecule has 2 rings (SSSR count). The van der Waals surface area contributed by atoms with Crippen molar-refractivity contribution in [1.82, 2.24) is 0 Å². The molecule has 0 aromatic heterocycles. The normalized spacial score (nSPS) is 12.0. The minimum absolute atomic E-state index is 0. The van der Waals surface area contributed by atoms with Gasteiger partial charge in [0, 0.05) is 36.3 Å². The molecule has 0 aliphatic heterocycles. The monoisotopic (exact) mass is 421 g/mol. The molecule has 1 radical (unpaired) electrons. The number of rotatable bonds is 6. The van der Waals surface area contributed by atoms with E-state index in [2.05, 4.69) is 0 Å². The average molecular weight is 422 g/mol. The molecule has 0 spiro atoms. The number of benzene rings is 2. The topological polar surface area (TPSA) is 184 Å². The number of hydrogen-bond acceptors (Lipinski definition) is 8. The van der Waals surface area contributed by atoms with Crippen LogP contribution in [0.2, 0.25) is 0 Å². The Kier molecular flexibility index (Phi) is 11.2. The standard InChI is InChI=1S/2C9H12N2O2.Cu/c2*10-5-8(11)6-3-1-2-4-7(6)9(12)13;/h2*1-4,8H,5,10-11H2,(H,12,13);/q;;+2/p-2. The van der Waals surface area contributed by atoms with Crippen molar-refractivity contribution in [3.8, 4) is 0 Å². The largest absolute Gasteiger partial charge is 2.00 e. The maximum atomic E-state index is 10.6. The van der Waals surface area contributed by atoms with Crippen LogP contribution in [-0.2, 0) is 17.1 Å². The summed E-state index contributed by atoms with van der Waals surface area (Å²) in [7, 11) is 0. The zero-order valence-corrected chi connectivity index (χ0v) is 15.4. The Bertz CT molecular complexity index is 694. The predicted molar refractivity (Wildman–Crippen MR) is 93.5 cm³/mol. The van der Waals surface area contributed by atoms with Crippen LogP contribution in [0.25, 0.3) is 0 Å². The summed E-state index contributed by atoms with van der Waals surface area (Å²) < 4.78 is 0. The summed E-state index contributed by atoms with van der Waals surface area (Å²) >= 11 is 0. The van der Waals surface area contributed by atoms with Crippen molar-refractivity contribution in [3.05, 3.63) is 70.8 Å². The zero-order chi connectivity index (χ0) is 19.7. The fraction of sp³-hybridized carbons (Fsp3) is 0.222. The zero-order valence-electron chi connectivity index (χ0n) is 14.4. The summed E-state index contributed by atoms with van der Waals surface area (Å²) in [5, 5.41) is 21.3. The minimum atomic E-state index is -1.22. The maximum Gasteiger partial charge on any atom is 2.00 e. The van der Waals surface area contributed by atoms with Crippen LogP contribution < -0.4 is 33.1 Å². The van der Waals surface area contributed by atoms with Gasteiger partial charge >= 0.3 is 17.1 Å². The number of carboxylic acids is 2. The van der Waals surface area contributed by atoms with E-state index in [4.69, 9.17) is 22.9 Å². The maximum absolute atomic E-state index is 10.6. The van der Waals surface area contributed by atoms with Crippen molar-refractivity contribution in [2.75, 3.05) is 13.1 Å². The van der Waals surface area contributed by atoms with Gasteiger partial charge in [0.1, 0.15) is 0 Å². The van der Waals surface area contributed by atoms with E-state index >= 15 is 0 Å². The van der Waals surface area contributed by atoms with Gasteiger partial charge in [0.05, 0.1) is 11.9 Å². The molecule has 9 heteroatoms. The van der Waals surface area contributed by atoms with E-state index in [1.807, 2.05) is 0 Å². The Morgan fingerprint density at radius 3 is 1.30 bits per heavy atom. The number of hydrogen-bond donors (Lipinski definition) is 4. The molecule has 0 saturated carbocycles. The number of carboxylic acid groups (broad SMARTS) is 2. The Morgan fingerprint density at radius 1 is 0.741 bits per heavy atom. The summed E-state index contributed by atoms with van der Waals surface area (Å²) in [5.41, 5.74) is 23.2. The van der Waals surface area contributed by atoms with Crippen LogP contribution >= 0.6 is 0 Å². The molecule has 2 aromatic rings. The van der Waals surface area contributed by atoms with Gasteiger partial charge < -0.3 is 42.7 Å². The summed E-state index contributed by atoms with van der Waals surface area (Å²) in [5.74, 6) is -2.45. The van der Waals surface area contributed by atoms with Crippen LogP contribution in [0, 0.1) is 0 Å². The molecule has 0 amide bonds. The smallest absolute Gasteiger partial charge is 0.545 e. The average Bonchev–Trinajstić information content (AvgIpc) is 2.67. The van der Waals surface area contributed by atoms with E-state index in [1.54, 1.807) is 36.4 Å². The second-order valence-electron chi connectivity index (χ2n) is 5.43. The van der Waals surface area contributed by atoms with E-state index in [1.165, 1.54) is 12.1 Å². The van der Waals surface area contributed by atoms with E-state index in [0.29, 0.717) is 11.1 Å². The summed E-state index contributed by atoms with van der Waals surface area (Å²) in [6.45, 7) is 0.425. The van der Waals surface area contributed by atoms with Crippen molar-refractivity contribution in [2.24, 2.45) is 22.9 Å². The second kappa shape index (κ2) is 12.2. The molecule has 8 nitrogen and oxygen atoms in total. The van der Waals surface area contributed by atoms with Crippen LogP contribution in [0.5, 0.6) is 0 Å². The third-order valence-corrected chi connectivity index (χ3v) is 3.67. The molecule has 0 bridgehead atoms. The summed E-state index contributed by atoms with van der Waals surface area (Å²) in [6, 6.07) is 12.0. The van der Waals surface area contributed by atoms with E-state index in [0.717, 1.165) is 0 Å². The van der Waals surface area contributed by atoms with Crippen LogP contribution in [0.3, 0.4) is 0 Å². The van der Waals surface area contributed by atoms with Crippen molar-refractivity contribution in [2.45, 2.75) is 12.1 Å². The third-order valence-electron chi connectivity index (χ3n) is 3.67. The number of nitrogens with two attached hydrogens (primary N) is 4. The Morgan fingerprint density at radius 2 is 1.04 bits per heavy atom. The van der Waals surface area contributed by atoms with Gasteiger partial charge in [0.15, 0.2) is 0 Å². The predicted octanol–water partition coefficient (Wildman–Crippen LogP) is -1.99. The molecule has 2 aromatic carbocycles. The molecule has 0 fully saturated rings. The Hall–Kier alpha value is -2.26. The van der Waals surface area contributed by atoms with Crippen molar-refractivity contribution in [1.29, 1.82) is 0 Å².